The number of guanidine groups is 1. The molecule has 0 saturated carbocycles. The van der Waals surface area contributed by atoms with Gasteiger partial charge in [-0.25, -0.2) is 0 Å². The van der Waals surface area contributed by atoms with E-state index in [1.165, 1.54) is 0 Å². The van der Waals surface area contributed by atoms with Crippen LogP contribution in [0.1, 0.15) is 38.4 Å². The Kier molecular flexibility index (Phi) is 8.28. The second-order valence-corrected chi connectivity index (χ2v) is 4.79. The Balaban J connectivity index is 2.60. The first-order valence-corrected chi connectivity index (χ1v) is 7.55. The Bertz CT molecular complexity index is 435. The lowest BCUT2D eigenvalue weighted by atomic mass is 10.1. The molecule has 0 aliphatic heterocycles. The van der Waals surface area contributed by atoms with E-state index >= 15 is 0 Å². The molecule has 0 fully saturated rings. The Labute approximate surface area is 127 Å². The number of aliphatic hydroxyl groups excluding tert-OH is 1. The number of benzene rings is 1. The third-order valence-electron chi connectivity index (χ3n) is 3.07. The lowest BCUT2D eigenvalue weighted by Gasteiger charge is -2.13. The van der Waals surface area contributed by atoms with Gasteiger partial charge in [0.05, 0.1) is 19.8 Å². The van der Waals surface area contributed by atoms with E-state index in [1.807, 2.05) is 31.2 Å². The number of aliphatic imine (C=N–C) groups is 1. The summed E-state index contributed by atoms with van der Waals surface area (Å²) in [5.41, 5.74) is 0.808. The maximum atomic E-state index is 10.2. The summed E-state index contributed by atoms with van der Waals surface area (Å²) in [6.45, 7) is 6.17. The van der Waals surface area contributed by atoms with E-state index in [0.717, 1.165) is 43.2 Å². The second kappa shape index (κ2) is 10.0. The van der Waals surface area contributed by atoms with Crippen LogP contribution in [-0.2, 0) is 0 Å². The van der Waals surface area contributed by atoms with E-state index in [2.05, 4.69) is 22.5 Å². The molecule has 0 aliphatic rings. The molecule has 118 valence electrons. The van der Waals surface area contributed by atoms with Gasteiger partial charge in [0.15, 0.2) is 5.96 Å². The second-order valence-electron chi connectivity index (χ2n) is 4.79. The molecule has 5 heteroatoms. The highest BCUT2D eigenvalue weighted by atomic mass is 16.5. The lowest BCUT2D eigenvalue weighted by molar-refractivity contribution is 0.186. The molecular weight excluding hydrogens is 266 g/mol. The Morgan fingerprint density at radius 1 is 1.33 bits per heavy atom. The zero-order valence-corrected chi connectivity index (χ0v) is 13.2. The number of rotatable bonds is 8. The van der Waals surface area contributed by atoms with E-state index in [-0.39, 0.29) is 0 Å². The van der Waals surface area contributed by atoms with Crippen LogP contribution in [0.2, 0.25) is 0 Å². The molecule has 21 heavy (non-hydrogen) atoms. The molecule has 0 aromatic heterocycles. The fourth-order valence-electron chi connectivity index (χ4n) is 1.86. The minimum atomic E-state index is -0.637. The number of methoxy groups -OCH3 is 1. The predicted octanol–water partition coefficient (Wildman–Crippen LogP) is 2.08. The molecule has 0 amide bonds. The zero-order chi connectivity index (χ0) is 15.5. The van der Waals surface area contributed by atoms with Gasteiger partial charge in [0.25, 0.3) is 0 Å². The molecule has 1 unspecified atom stereocenters. The first kappa shape index (κ1) is 17.3. The minimum absolute atomic E-state index is 0.314. The van der Waals surface area contributed by atoms with E-state index in [4.69, 9.17) is 4.74 Å². The van der Waals surface area contributed by atoms with Crippen LogP contribution in [0, 0.1) is 0 Å². The van der Waals surface area contributed by atoms with Gasteiger partial charge in [0.2, 0.25) is 0 Å². The highest BCUT2D eigenvalue weighted by Crippen LogP contribution is 2.19. The highest BCUT2D eigenvalue weighted by Gasteiger charge is 2.08. The van der Waals surface area contributed by atoms with Crippen LogP contribution in [-0.4, -0.2) is 37.8 Å². The number of aliphatic hydroxyl groups is 1. The standard InChI is InChI=1S/C16H27N3O2/c1-4-6-10-18-16(17-5-2)19-12-15(20)13-8-7-9-14(11-13)21-3/h7-9,11,15,20H,4-6,10,12H2,1-3H3,(H2,17,18,19). The quantitative estimate of drug-likeness (QED) is 0.390. The zero-order valence-electron chi connectivity index (χ0n) is 13.2. The maximum absolute atomic E-state index is 10.2. The molecular formula is C16H27N3O2. The summed E-state index contributed by atoms with van der Waals surface area (Å²) in [5, 5.41) is 16.6. The van der Waals surface area contributed by atoms with Crippen LogP contribution in [0.4, 0.5) is 0 Å². The fourth-order valence-corrected chi connectivity index (χ4v) is 1.86. The minimum Gasteiger partial charge on any atom is -0.497 e. The number of unbranched alkanes of at least 4 members (excludes halogenated alkanes) is 1. The molecule has 0 saturated heterocycles. The van der Waals surface area contributed by atoms with Gasteiger partial charge in [-0.15, -0.1) is 0 Å². The maximum Gasteiger partial charge on any atom is 0.191 e. The number of nitrogens with one attached hydrogen (secondary N) is 2. The number of hydrogen-bond donors (Lipinski definition) is 3. The van der Waals surface area contributed by atoms with Gasteiger partial charge in [0, 0.05) is 13.1 Å². The van der Waals surface area contributed by atoms with Crippen LogP contribution in [0.25, 0.3) is 0 Å². The molecule has 1 aromatic rings. The van der Waals surface area contributed by atoms with E-state index in [0.29, 0.717) is 6.54 Å². The molecule has 1 atom stereocenters. The van der Waals surface area contributed by atoms with Crippen molar-refractivity contribution in [1.29, 1.82) is 0 Å². The Hall–Kier alpha value is -1.75. The first-order chi connectivity index (χ1) is 10.2. The van der Waals surface area contributed by atoms with Crippen LogP contribution in [0.15, 0.2) is 29.3 Å². The summed E-state index contributed by atoms with van der Waals surface area (Å²) in [5.74, 6) is 1.48. The normalized spacial score (nSPS) is 12.9. The van der Waals surface area contributed by atoms with Gasteiger partial charge in [0.1, 0.15) is 5.75 Å². The van der Waals surface area contributed by atoms with Crippen molar-refractivity contribution in [3.63, 3.8) is 0 Å². The predicted molar refractivity (Wildman–Crippen MR) is 86.8 cm³/mol. The smallest absolute Gasteiger partial charge is 0.191 e. The van der Waals surface area contributed by atoms with Crippen molar-refractivity contribution in [3.8, 4) is 5.75 Å². The van der Waals surface area contributed by atoms with Crippen LogP contribution in [0.3, 0.4) is 0 Å². The summed E-state index contributed by atoms with van der Waals surface area (Å²) < 4.78 is 5.16. The molecule has 0 heterocycles. The first-order valence-electron chi connectivity index (χ1n) is 7.55. The third kappa shape index (κ3) is 6.49. The molecule has 5 nitrogen and oxygen atoms in total. The summed E-state index contributed by atoms with van der Waals surface area (Å²) >= 11 is 0. The number of hydrogen-bond acceptors (Lipinski definition) is 3. The van der Waals surface area contributed by atoms with Crippen molar-refractivity contribution in [2.75, 3.05) is 26.7 Å². The average molecular weight is 293 g/mol. The molecule has 3 N–H and O–H groups in total. The van der Waals surface area contributed by atoms with Crippen molar-refractivity contribution >= 4 is 5.96 Å². The highest BCUT2D eigenvalue weighted by molar-refractivity contribution is 5.79. The van der Waals surface area contributed by atoms with Gasteiger partial charge in [-0.2, -0.15) is 0 Å². The van der Waals surface area contributed by atoms with Crippen molar-refractivity contribution < 1.29 is 9.84 Å². The molecule has 0 aliphatic carbocycles. The van der Waals surface area contributed by atoms with Gasteiger partial charge < -0.3 is 20.5 Å². The van der Waals surface area contributed by atoms with E-state index < -0.39 is 6.10 Å². The van der Waals surface area contributed by atoms with E-state index in [9.17, 15) is 5.11 Å². The molecule has 0 bridgehead atoms. The van der Waals surface area contributed by atoms with Gasteiger partial charge in [-0.3, -0.25) is 4.99 Å². The number of nitrogens with zero attached hydrogens (tertiary/aromatic N) is 1. The summed E-state index contributed by atoms with van der Waals surface area (Å²) in [6.07, 6.45) is 1.60. The van der Waals surface area contributed by atoms with Crippen LogP contribution in [0.5, 0.6) is 5.75 Å². The number of ether oxygens (including phenoxy) is 1. The molecule has 0 radical (unpaired) electrons. The van der Waals surface area contributed by atoms with Crippen LogP contribution < -0.4 is 15.4 Å². The average Bonchev–Trinajstić information content (AvgIpc) is 2.52. The topological polar surface area (TPSA) is 65.9 Å². The lowest BCUT2D eigenvalue weighted by Crippen LogP contribution is -2.38. The van der Waals surface area contributed by atoms with Gasteiger partial charge in [-0.1, -0.05) is 25.5 Å². The van der Waals surface area contributed by atoms with Crippen molar-refractivity contribution in [3.05, 3.63) is 29.8 Å². The van der Waals surface area contributed by atoms with Gasteiger partial charge >= 0.3 is 0 Å². The van der Waals surface area contributed by atoms with Crippen LogP contribution >= 0.6 is 0 Å². The SMILES string of the molecule is CCCCNC(=NCC(O)c1cccc(OC)c1)NCC. The Morgan fingerprint density at radius 2 is 2.14 bits per heavy atom. The molecule has 1 rings (SSSR count). The summed E-state index contributed by atoms with van der Waals surface area (Å²) in [7, 11) is 1.62. The summed E-state index contributed by atoms with van der Waals surface area (Å²) in [4.78, 5) is 4.42. The van der Waals surface area contributed by atoms with Crippen molar-refractivity contribution in [2.45, 2.75) is 32.8 Å². The largest absolute Gasteiger partial charge is 0.497 e. The fraction of sp³-hybridized carbons (Fsp3) is 0.562. The van der Waals surface area contributed by atoms with Crippen molar-refractivity contribution in [1.82, 2.24) is 10.6 Å². The third-order valence-corrected chi connectivity index (χ3v) is 3.07. The monoisotopic (exact) mass is 293 g/mol. The van der Waals surface area contributed by atoms with E-state index in [1.54, 1.807) is 7.11 Å². The van der Waals surface area contributed by atoms with Gasteiger partial charge in [-0.05, 0) is 31.0 Å². The summed E-state index contributed by atoms with van der Waals surface area (Å²) in [6, 6.07) is 7.43. The molecule has 0 spiro atoms. The molecule has 1 aromatic carbocycles. The van der Waals surface area contributed by atoms with Crippen molar-refractivity contribution in [2.24, 2.45) is 4.99 Å². The Morgan fingerprint density at radius 3 is 2.81 bits per heavy atom.